The summed E-state index contributed by atoms with van der Waals surface area (Å²) in [5.41, 5.74) is 1.53. The van der Waals surface area contributed by atoms with E-state index in [1.807, 2.05) is 0 Å². The van der Waals surface area contributed by atoms with Crippen molar-refractivity contribution in [3.63, 3.8) is 0 Å². The van der Waals surface area contributed by atoms with Gasteiger partial charge in [-0.2, -0.15) is 0 Å². The summed E-state index contributed by atoms with van der Waals surface area (Å²) in [5.74, 6) is 0.462. The zero-order valence-corrected chi connectivity index (χ0v) is 20.0. The van der Waals surface area contributed by atoms with Gasteiger partial charge < -0.3 is 24.1 Å². The summed E-state index contributed by atoms with van der Waals surface area (Å²) >= 11 is 0. The number of rotatable bonds is 8. The molecule has 0 aliphatic heterocycles. The first-order valence-corrected chi connectivity index (χ1v) is 11.1. The lowest BCUT2D eigenvalue weighted by atomic mass is 10.1. The van der Waals surface area contributed by atoms with Gasteiger partial charge in [0, 0.05) is 22.7 Å². The van der Waals surface area contributed by atoms with Gasteiger partial charge in [-0.25, -0.2) is 0 Å². The molecule has 1 N–H and O–H groups in total. The first kappa shape index (κ1) is 25.6. The largest absolute Gasteiger partial charge is 0.573 e. The van der Waals surface area contributed by atoms with Crippen LogP contribution in [-0.4, -0.2) is 31.1 Å². The third-order valence-corrected chi connectivity index (χ3v) is 5.62. The Kier molecular flexibility index (Phi) is 7.37. The van der Waals surface area contributed by atoms with Crippen molar-refractivity contribution in [2.24, 2.45) is 0 Å². The quantitative estimate of drug-likeness (QED) is 0.354. The molecule has 37 heavy (non-hydrogen) atoms. The molecule has 0 saturated heterocycles. The lowest BCUT2D eigenvalue weighted by molar-refractivity contribution is -0.274. The summed E-state index contributed by atoms with van der Waals surface area (Å²) in [6.07, 6.45) is -3.11. The van der Waals surface area contributed by atoms with Gasteiger partial charge >= 0.3 is 6.36 Å². The van der Waals surface area contributed by atoms with Gasteiger partial charge in [0.15, 0.2) is 11.5 Å². The van der Waals surface area contributed by atoms with Crippen molar-refractivity contribution in [3.8, 4) is 17.2 Å². The number of aromatic nitrogens is 1. The molecule has 4 aromatic rings. The van der Waals surface area contributed by atoms with Crippen molar-refractivity contribution in [2.45, 2.75) is 19.3 Å². The number of methoxy groups -OCH3 is 2. The van der Waals surface area contributed by atoms with Crippen LogP contribution in [0.2, 0.25) is 0 Å². The summed E-state index contributed by atoms with van der Waals surface area (Å²) in [4.78, 5) is 25.8. The third kappa shape index (κ3) is 6.21. The number of amides is 1. The number of anilines is 1. The van der Waals surface area contributed by atoms with Crippen molar-refractivity contribution >= 4 is 22.4 Å². The molecule has 192 valence electrons. The Morgan fingerprint density at radius 2 is 1.59 bits per heavy atom. The van der Waals surface area contributed by atoms with E-state index in [1.165, 1.54) is 43.1 Å². The highest BCUT2D eigenvalue weighted by atomic mass is 19.4. The maximum atomic E-state index is 13.1. The molecule has 1 heterocycles. The zero-order chi connectivity index (χ0) is 26.6. The summed E-state index contributed by atoms with van der Waals surface area (Å²) in [6, 6.07) is 17.3. The smallest absolute Gasteiger partial charge is 0.493 e. The second-order valence-electron chi connectivity index (χ2n) is 8.12. The van der Waals surface area contributed by atoms with Crippen LogP contribution < -0.4 is 25.1 Å². The number of nitrogens with one attached hydrogen (secondary N) is 1. The van der Waals surface area contributed by atoms with Gasteiger partial charge in [0.1, 0.15) is 5.75 Å². The van der Waals surface area contributed by atoms with E-state index in [1.54, 1.807) is 48.7 Å². The zero-order valence-electron chi connectivity index (χ0n) is 20.0. The van der Waals surface area contributed by atoms with Gasteiger partial charge in [-0.05, 0) is 53.6 Å². The van der Waals surface area contributed by atoms with Gasteiger partial charge in [0.2, 0.25) is 5.91 Å². The fourth-order valence-corrected chi connectivity index (χ4v) is 3.92. The highest BCUT2D eigenvalue weighted by molar-refractivity contribution is 6.02. The van der Waals surface area contributed by atoms with Gasteiger partial charge in [-0.1, -0.05) is 24.3 Å². The van der Waals surface area contributed by atoms with Crippen molar-refractivity contribution < 1.29 is 32.2 Å². The van der Waals surface area contributed by atoms with Crippen molar-refractivity contribution in [3.05, 3.63) is 94.4 Å². The van der Waals surface area contributed by atoms with Crippen LogP contribution in [0.15, 0.2) is 77.7 Å². The van der Waals surface area contributed by atoms with Crippen LogP contribution in [0.4, 0.5) is 18.9 Å². The van der Waals surface area contributed by atoms with E-state index in [9.17, 15) is 22.8 Å². The predicted molar refractivity (Wildman–Crippen MR) is 132 cm³/mol. The fourth-order valence-electron chi connectivity index (χ4n) is 3.92. The molecule has 3 aromatic carbocycles. The number of carbonyl (C=O) groups is 1. The number of fused-ring (bicyclic) bond motifs is 1. The van der Waals surface area contributed by atoms with E-state index in [0.29, 0.717) is 33.5 Å². The van der Waals surface area contributed by atoms with E-state index in [2.05, 4.69) is 10.1 Å². The number of hydrogen-bond donors (Lipinski definition) is 1. The molecule has 4 rings (SSSR count). The second-order valence-corrected chi connectivity index (χ2v) is 8.12. The van der Waals surface area contributed by atoms with Gasteiger partial charge in [0.25, 0.3) is 5.56 Å². The molecule has 0 aliphatic rings. The maximum absolute atomic E-state index is 13.1. The molecule has 0 atom stereocenters. The molecule has 7 nitrogen and oxygen atoms in total. The van der Waals surface area contributed by atoms with Crippen molar-refractivity contribution in [1.29, 1.82) is 0 Å². The normalized spacial score (nSPS) is 11.3. The number of carbonyl (C=O) groups excluding carboxylic acids is 1. The number of nitrogens with zero attached hydrogens (tertiary/aromatic N) is 1. The minimum absolute atomic E-state index is 0.0852. The van der Waals surface area contributed by atoms with Gasteiger partial charge in [-0.15, -0.1) is 13.2 Å². The predicted octanol–water partition coefficient (Wildman–Crippen LogP) is 5.15. The molecule has 0 aliphatic carbocycles. The van der Waals surface area contributed by atoms with Crippen LogP contribution in [0.3, 0.4) is 0 Å². The summed E-state index contributed by atoms with van der Waals surface area (Å²) < 4.78 is 52.9. The summed E-state index contributed by atoms with van der Waals surface area (Å²) in [6.45, 7) is 0.150. The van der Waals surface area contributed by atoms with Crippen LogP contribution in [0.1, 0.15) is 11.1 Å². The molecule has 0 bridgehead atoms. The van der Waals surface area contributed by atoms with E-state index >= 15 is 0 Å². The molecule has 1 aromatic heterocycles. The van der Waals surface area contributed by atoms with E-state index in [4.69, 9.17) is 9.47 Å². The molecule has 0 saturated carbocycles. The highest BCUT2D eigenvalue weighted by Crippen LogP contribution is 2.28. The average Bonchev–Trinajstić information content (AvgIpc) is 2.86. The lowest BCUT2D eigenvalue weighted by Gasteiger charge is -2.13. The third-order valence-electron chi connectivity index (χ3n) is 5.62. The average molecular weight is 512 g/mol. The Labute approximate surface area is 210 Å². The van der Waals surface area contributed by atoms with Gasteiger partial charge in [-0.3, -0.25) is 9.59 Å². The molecular weight excluding hydrogens is 489 g/mol. The fraction of sp³-hybridized carbons (Fsp3) is 0.185. The molecule has 1 amide bonds. The second kappa shape index (κ2) is 10.7. The summed E-state index contributed by atoms with van der Waals surface area (Å²) in [7, 11) is 3.05. The first-order chi connectivity index (χ1) is 17.7. The molecule has 0 spiro atoms. The first-order valence-electron chi connectivity index (χ1n) is 11.1. The van der Waals surface area contributed by atoms with Crippen molar-refractivity contribution in [2.75, 3.05) is 19.5 Å². The van der Waals surface area contributed by atoms with Crippen LogP contribution in [0, 0.1) is 0 Å². The Morgan fingerprint density at radius 1 is 0.892 bits per heavy atom. The van der Waals surface area contributed by atoms with E-state index in [-0.39, 0.29) is 30.2 Å². The number of benzene rings is 3. The molecular formula is C27H23F3N2O5. The van der Waals surface area contributed by atoms with Crippen LogP contribution in [0.5, 0.6) is 17.2 Å². The lowest BCUT2D eigenvalue weighted by Crippen LogP contribution is -2.21. The van der Waals surface area contributed by atoms with Crippen LogP contribution in [0.25, 0.3) is 10.8 Å². The van der Waals surface area contributed by atoms with E-state index < -0.39 is 6.36 Å². The molecule has 0 fully saturated rings. The topological polar surface area (TPSA) is 78.8 Å². The highest BCUT2D eigenvalue weighted by Gasteiger charge is 2.30. The number of alkyl halides is 3. The molecule has 10 heteroatoms. The standard InChI is InChI=1S/C27H23F3N2O5/c1-35-23-11-8-18(14-24(23)36-2)15-25(33)31-22-5-3-4-21-20(22)12-13-32(26(21)34)16-17-6-9-19(10-7-17)37-27(28,29)30/h3-14H,15-16H2,1-2H3,(H,31,33). The van der Waals surface area contributed by atoms with Crippen LogP contribution in [-0.2, 0) is 17.8 Å². The minimum atomic E-state index is -4.77. The Morgan fingerprint density at radius 3 is 2.27 bits per heavy atom. The number of pyridine rings is 1. The van der Waals surface area contributed by atoms with Crippen LogP contribution >= 0.6 is 0 Å². The Balaban J connectivity index is 1.51. The molecule has 0 radical (unpaired) electrons. The number of ether oxygens (including phenoxy) is 3. The number of halogens is 3. The monoisotopic (exact) mass is 512 g/mol. The summed E-state index contributed by atoms with van der Waals surface area (Å²) in [5, 5.41) is 3.82. The molecule has 0 unspecified atom stereocenters. The maximum Gasteiger partial charge on any atom is 0.573 e. The minimum Gasteiger partial charge on any atom is -0.493 e. The SMILES string of the molecule is COc1ccc(CC(=O)Nc2cccc3c(=O)n(Cc4ccc(OC(F)(F)F)cc4)ccc23)cc1OC. The number of hydrogen-bond acceptors (Lipinski definition) is 5. The van der Waals surface area contributed by atoms with Gasteiger partial charge in [0.05, 0.1) is 27.2 Å². The Bertz CT molecular complexity index is 1480. The van der Waals surface area contributed by atoms with E-state index in [0.717, 1.165) is 5.56 Å². The van der Waals surface area contributed by atoms with Crippen molar-refractivity contribution in [1.82, 2.24) is 4.57 Å². The Hall–Kier alpha value is -4.47.